The highest BCUT2D eigenvalue weighted by atomic mass is 32.2. The van der Waals surface area contributed by atoms with Crippen LogP contribution in [-0.4, -0.2) is 68.6 Å². The Bertz CT molecular complexity index is 433. The molecule has 0 aromatic carbocycles. The maximum Gasteiger partial charge on any atom is 0.279 e. The Morgan fingerprint density at radius 2 is 1.82 bits per heavy atom. The standard InChI is InChI=1S/C15H31N3O3S/c1-13-7-4-5-9-17(13)10-6-8-16-22(19,20)18-11-14(2)21-15(3)12-18/h13-16H,4-12H2,1-3H3/t13-,14-,15-/m1/s1. The van der Waals surface area contributed by atoms with Crippen molar-refractivity contribution in [2.45, 2.75) is 64.7 Å². The van der Waals surface area contributed by atoms with Crippen LogP contribution in [0.3, 0.4) is 0 Å². The summed E-state index contributed by atoms with van der Waals surface area (Å²) in [5.41, 5.74) is 0. The van der Waals surface area contributed by atoms with Gasteiger partial charge in [0.15, 0.2) is 0 Å². The van der Waals surface area contributed by atoms with Crippen LogP contribution in [0.2, 0.25) is 0 Å². The van der Waals surface area contributed by atoms with E-state index in [1.165, 1.54) is 23.6 Å². The molecule has 2 saturated heterocycles. The highest BCUT2D eigenvalue weighted by Gasteiger charge is 2.30. The fourth-order valence-corrected chi connectivity index (χ4v) is 4.79. The zero-order chi connectivity index (χ0) is 16.2. The van der Waals surface area contributed by atoms with Gasteiger partial charge in [0.1, 0.15) is 0 Å². The number of rotatable bonds is 6. The Labute approximate surface area is 135 Å². The van der Waals surface area contributed by atoms with Crippen LogP contribution in [0.25, 0.3) is 0 Å². The summed E-state index contributed by atoms with van der Waals surface area (Å²) >= 11 is 0. The van der Waals surface area contributed by atoms with Crippen molar-refractivity contribution in [1.82, 2.24) is 13.9 Å². The van der Waals surface area contributed by atoms with Crippen LogP contribution in [-0.2, 0) is 14.9 Å². The molecule has 3 atom stereocenters. The molecule has 0 bridgehead atoms. The van der Waals surface area contributed by atoms with Crippen molar-refractivity contribution in [3.8, 4) is 0 Å². The minimum atomic E-state index is -3.38. The zero-order valence-corrected chi connectivity index (χ0v) is 14.9. The van der Waals surface area contributed by atoms with Gasteiger partial charge in [-0.3, -0.25) is 0 Å². The number of nitrogens with one attached hydrogen (secondary N) is 1. The molecule has 0 radical (unpaired) electrons. The smallest absolute Gasteiger partial charge is 0.279 e. The predicted octanol–water partition coefficient (Wildman–Crippen LogP) is 1.19. The van der Waals surface area contributed by atoms with E-state index in [4.69, 9.17) is 4.74 Å². The first-order valence-electron chi connectivity index (χ1n) is 8.52. The van der Waals surface area contributed by atoms with Gasteiger partial charge in [-0.15, -0.1) is 0 Å². The number of hydrogen-bond donors (Lipinski definition) is 1. The second-order valence-electron chi connectivity index (χ2n) is 6.71. The first kappa shape index (κ1) is 18.1. The number of morpholine rings is 1. The van der Waals surface area contributed by atoms with Gasteiger partial charge in [-0.1, -0.05) is 6.42 Å². The summed E-state index contributed by atoms with van der Waals surface area (Å²) in [4.78, 5) is 2.47. The predicted molar refractivity (Wildman–Crippen MR) is 88.0 cm³/mol. The van der Waals surface area contributed by atoms with Gasteiger partial charge < -0.3 is 9.64 Å². The Kier molecular flexibility index (Phi) is 6.64. The Hall–Kier alpha value is -0.210. The molecule has 6 nitrogen and oxygen atoms in total. The summed E-state index contributed by atoms with van der Waals surface area (Å²) in [6.07, 6.45) is 4.61. The highest BCUT2D eigenvalue weighted by Crippen LogP contribution is 2.16. The molecule has 0 spiro atoms. The third-order valence-electron chi connectivity index (χ3n) is 4.57. The van der Waals surface area contributed by atoms with E-state index in [1.54, 1.807) is 0 Å². The average Bonchev–Trinajstić information content (AvgIpc) is 2.44. The van der Waals surface area contributed by atoms with Crippen molar-refractivity contribution >= 4 is 10.2 Å². The number of nitrogens with zero attached hydrogens (tertiary/aromatic N) is 2. The van der Waals surface area contributed by atoms with Crippen molar-refractivity contribution < 1.29 is 13.2 Å². The van der Waals surface area contributed by atoms with E-state index in [0.717, 1.165) is 19.5 Å². The maximum atomic E-state index is 12.3. The van der Waals surface area contributed by atoms with Crippen molar-refractivity contribution in [1.29, 1.82) is 0 Å². The van der Waals surface area contributed by atoms with Gasteiger partial charge in [0.25, 0.3) is 10.2 Å². The van der Waals surface area contributed by atoms with Crippen molar-refractivity contribution in [3.05, 3.63) is 0 Å². The van der Waals surface area contributed by atoms with Gasteiger partial charge in [0, 0.05) is 25.7 Å². The average molecular weight is 333 g/mol. The molecule has 0 aromatic heterocycles. The van der Waals surface area contributed by atoms with Gasteiger partial charge in [0.05, 0.1) is 12.2 Å². The fourth-order valence-electron chi connectivity index (χ4n) is 3.39. The van der Waals surface area contributed by atoms with E-state index in [2.05, 4.69) is 16.5 Å². The van der Waals surface area contributed by atoms with Crippen LogP contribution in [0.5, 0.6) is 0 Å². The third kappa shape index (κ3) is 5.16. The molecule has 2 aliphatic heterocycles. The van der Waals surface area contributed by atoms with Crippen LogP contribution in [0.4, 0.5) is 0 Å². The quantitative estimate of drug-likeness (QED) is 0.742. The lowest BCUT2D eigenvalue weighted by atomic mass is 10.0. The summed E-state index contributed by atoms with van der Waals surface area (Å²) in [6.45, 7) is 9.58. The van der Waals surface area contributed by atoms with E-state index in [1.807, 2.05) is 13.8 Å². The second-order valence-corrected chi connectivity index (χ2v) is 8.46. The van der Waals surface area contributed by atoms with Gasteiger partial charge in [-0.05, 0) is 53.1 Å². The summed E-state index contributed by atoms with van der Waals surface area (Å²) in [6, 6.07) is 0.631. The molecule has 2 rings (SSSR count). The molecular formula is C15H31N3O3S. The first-order chi connectivity index (χ1) is 10.4. The molecule has 2 aliphatic rings. The van der Waals surface area contributed by atoms with Crippen LogP contribution >= 0.6 is 0 Å². The van der Waals surface area contributed by atoms with Crippen LogP contribution in [0, 0.1) is 0 Å². The molecule has 1 N–H and O–H groups in total. The molecule has 2 heterocycles. The molecule has 0 saturated carbocycles. The fraction of sp³-hybridized carbons (Fsp3) is 1.00. The second kappa shape index (κ2) is 8.06. The largest absolute Gasteiger partial charge is 0.373 e. The lowest BCUT2D eigenvalue weighted by molar-refractivity contribution is -0.0443. The summed E-state index contributed by atoms with van der Waals surface area (Å²) in [5.74, 6) is 0. The van der Waals surface area contributed by atoms with Crippen LogP contribution in [0.15, 0.2) is 0 Å². The molecule has 130 valence electrons. The van der Waals surface area contributed by atoms with Gasteiger partial charge in [-0.2, -0.15) is 12.7 Å². The SMILES string of the molecule is C[C@@H]1CN(S(=O)(=O)NCCCN2CCCC[C@H]2C)C[C@@H](C)O1. The molecule has 0 unspecified atom stereocenters. The molecular weight excluding hydrogens is 302 g/mol. The van der Waals surface area contributed by atoms with Crippen LogP contribution < -0.4 is 4.72 Å². The van der Waals surface area contributed by atoms with E-state index >= 15 is 0 Å². The minimum absolute atomic E-state index is 0.0467. The maximum absolute atomic E-state index is 12.3. The van der Waals surface area contributed by atoms with E-state index in [-0.39, 0.29) is 12.2 Å². The van der Waals surface area contributed by atoms with Gasteiger partial charge in [0.2, 0.25) is 0 Å². The van der Waals surface area contributed by atoms with E-state index in [9.17, 15) is 8.42 Å². The normalized spacial score (nSPS) is 32.2. The molecule has 0 aliphatic carbocycles. The monoisotopic (exact) mass is 333 g/mol. The van der Waals surface area contributed by atoms with Gasteiger partial charge in [-0.25, -0.2) is 4.72 Å². The van der Waals surface area contributed by atoms with Crippen molar-refractivity contribution in [2.75, 3.05) is 32.7 Å². The van der Waals surface area contributed by atoms with Gasteiger partial charge >= 0.3 is 0 Å². The van der Waals surface area contributed by atoms with Crippen molar-refractivity contribution in [3.63, 3.8) is 0 Å². The minimum Gasteiger partial charge on any atom is -0.373 e. The molecule has 0 aromatic rings. The molecule has 7 heteroatoms. The number of likely N-dealkylation sites (tertiary alicyclic amines) is 1. The molecule has 2 fully saturated rings. The Balaban J connectivity index is 1.73. The summed E-state index contributed by atoms with van der Waals surface area (Å²) < 4.78 is 34.5. The van der Waals surface area contributed by atoms with E-state index in [0.29, 0.717) is 25.7 Å². The Morgan fingerprint density at radius 3 is 2.45 bits per heavy atom. The van der Waals surface area contributed by atoms with E-state index < -0.39 is 10.2 Å². The molecule has 22 heavy (non-hydrogen) atoms. The van der Waals surface area contributed by atoms with Crippen molar-refractivity contribution in [2.24, 2.45) is 0 Å². The number of hydrogen-bond acceptors (Lipinski definition) is 4. The summed E-state index contributed by atoms with van der Waals surface area (Å²) in [7, 11) is -3.38. The van der Waals surface area contributed by atoms with Crippen LogP contribution in [0.1, 0.15) is 46.5 Å². The summed E-state index contributed by atoms with van der Waals surface area (Å²) in [5, 5.41) is 0. The highest BCUT2D eigenvalue weighted by molar-refractivity contribution is 7.87. The first-order valence-corrected chi connectivity index (χ1v) is 9.96. The Morgan fingerprint density at radius 1 is 1.14 bits per heavy atom. The number of piperidine rings is 1. The lowest BCUT2D eigenvalue weighted by Crippen LogP contribution is -2.52. The third-order valence-corrected chi connectivity index (χ3v) is 6.12. The zero-order valence-electron chi connectivity index (χ0n) is 14.1. The lowest BCUT2D eigenvalue weighted by Gasteiger charge is -2.35. The molecule has 0 amide bonds. The number of ether oxygens (including phenoxy) is 1. The topological polar surface area (TPSA) is 61.9 Å².